The van der Waals surface area contributed by atoms with E-state index in [2.05, 4.69) is 14.9 Å². The van der Waals surface area contributed by atoms with E-state index in [9.17, 15) is 18.0 Å². The van der Waals surface area contributed by atoms with Crippen LogP contribution in [0.25, 0.3) is 0 Å². The molecule has 1 aromatic carbocycles. The van der Waals surface area contributed by atoms with Crippen molar-refractivity contribution in [2.75, 3.05) is 9.62 Å². The van der Waals surface area contributed by atoms with E-state index < -0.39 is 10.0 Å². The van der Waals surface area contributed by atoms with Crippen LogP contribution in [0.4, 0.5) is 10.8 Å². The number of anilines is 2. The number of aryl methyl sites for hydroxylation is 1. The molecule has 4 unspecified atom stereocenters. The summed E-state index contributed by atoms with van der Waals surface area (Å²) in [5, 5.41) is 8.66. The molecule has 2 bridgehead atoms. The summed E-state index contributed by atoms with van der Waals surface area (Å²) in [6.45, 7) is 1.91. The fourth-order valence-corrected chi connectivity index (χ4v) is 6.45. The van der Waals surface area contributed by atoms with Crippen molar-refractivity contribution >= 4 is 44.0 Å². The van der Waals surface area contributed by atoms with E-state index in [4.69, 9.17) is 0 Å². The SMILES string of the molecule is CCc1nnc(NS(=O)(=O)c2ccc(N3C(=O)C4C5C=CC(C5)C4C3=O)cc2)s1. The van der Waals surface area contributed by atoms with Crippen molar-refractivity contribution in [1.29, 1.82) is 0 Å². The van der Waals surface area contributed by atoms with Gasteiger partial charge in [-0.3, -0.25) is 19.2 Å². The van der Waals surface area contributed by atoms with Crippen LogP contribution in [-0.2, 0) is 26.0 Å². The number of fused-ring (bicyclic) bond motifs is 5. The van der Waals surface area contributed by atoms with E-state index in [1.165, 1.54) is 40.5 Å². The summed E-state index contributed by atoms with van der Waals surface area (Å²) < 4.78 is 27.6. The zero-order valence-corrected chi connectivity index (χ0v) is 17.1. The van der Waals surface area contributed by atoms with Gasteiger partial charge in [0.05, 0.1) is 22.4 Å². The monoisotopic (exact) mass is 430 g/mol. The third-order valence-electron chi connectivity index (χ3n) is 5.87. The van der Waals surface area contributed by atoms with Crippen molar-refractivity contribution in [3.05, 3.63) is 41.4 Å². The number of carbonyl (C=O) groups excluding carboxylic acids is 2. The molecule has 0 radical (unpaired) electrons. The second-order valence-corrected chi connectivity index (χ2v) is 10.2. The summed E-state index contributed by atoms with van der Waals surface area (Å²) in [5.74, 6) is -0.677. The normalized spacial score (nSPS) is 27.7. The van der Waals surface area contributed by atoms with Crippen LogP contribution >= 0.6 is 11.3 Å². The van der Waals surface area contributed by atoms with Gasteiger partial charge in [-0.2, -0.15) is 0 Å². The number of carbonyl (C=O) groups is 2. The molecular weight excluding hydrogens is 412 g/mol. The molecule has 0 spiro atoms. The lowest BCUT2D eigenvalue weighted by Gasteiger charge is -2.17. The first kappa shape index (κ1) is 18.4. The van der Waals surface area contributed by atoms with Crippen molar-refractivity contribution in [1.82, 2.24) is 10.2 Å². The molecule has 2 amide bonds. The lowest BCUT2D eigenvalue weighted by molar-refractivity contribution is -0.123. The van der Waals surface area contributed by atoms with Gasteiger partial charge in [0.15, 0.2) is 0 Å². The van der Waals surface area contributed by atoms with Gasteiger partial charge < -0.3 is 0 Å². The van der Waals surface area contributed by atoms with Gasteiger partial charge >= 0.3 is 0 Å². The summed E-state index contributed by atoms with van der Waals surface area (Å²) >= 11 is 1.18. The molecular formula is C19H18N4O4S2. The minimum Gasteiger partial charge on any atom is -0.274 e. The molecule has 8 nitrogen and oxygen atoms in total. The summed E-state index contributed by atoms with van der Waals surface area (Å²) in [5.41, 5.74) is 0.400. The second-order valence-electron chi connectivity index (χ2n) is 7.47. The maximum absolute atomic E-state index is 12.9. The summed E-state index contributed by atoms with van der Waals surface area (Å²) in [6, 6.07) is 5.78. The molecule has 1 aliphatic heterocycles. The molecule has 29 heavy (non-hydrogen) atoms. The Balaban J connectivity index is 1.38. The highest BCUT2D eigenvalue weighted by molar-refractivity contribution is 7.93. The van der Waals surface area contributed by atoms with Gasteiger partial charge in [-0.05, 0) is 48.9 Å². The standard InChI is InChI=1S/C19H18N4O4S2/c1-2-14-20-21-19(28-14)22-29(26,27)13-7-5-12(6-8-13)23-17(24)15-10-3-4-11(9-10)16(15)18(23)25/h3-8,10-11,15-16H,2,9H2,1H3,(H,21,22). The highest BCUT2D eigenvalue weighted by Crippen LogP contribution is 2.53. The molecule has 2 aromatic rings. The highest BCUT2D eigenvalue weighted by Gasteiger charge is 2.59. The minimum absolute atomic E-state index is 0.0236. The van der Waals surface area contributed by atoms with E-state index in [1.807, 2.05) is 19.1 Å². The van der Waals surface area contributed by atoms with Crippen molar-refractivity contribution in [2.24, 2.45) is 23.7 Å². The molecule has 150 valence electrons. The molecule has 1 saturated carbocycles. The van der Waals surface area contributed by atoms with E-state index in [1.54, 1.807) is 0 Å². The first-order chi connectivity index (χ1) is 13.9. The molecule has 2 aliphatic carbocycles. The fraction of sp³-hybridized carbons (Fsp3) is 0.368. The van der Waals surface area contributed by atoms with Crippen LogP contribution in [0.5, 0.6) is 0 Å². The molecule has 2 heterocycles. The Labute approximate surface area is 171 Å². The van der Waals surface area contributed by atoms with Crippen molar-refractivity contribution in [3.8, 4) is 0 Å². The quantitative estimate of drug-likeness (QED) is 0.575. The fourth-order valence-electron chi connectivity index (χ4n) is 4.54. The Morgan fingerprint density at radius 1 is 1.07 bits per heavy atom. The molecule has 5 rings (SSSR count). The number of rotatable bonds is 5. The number of benzene rings is 1. The number of nitrogens with zero attached hydrogens (tertiary/aromatic N) is 3. The average Bonchev–Trinajstić information content (AvgIpc) is 3.46. The van der Waals surface area contributed by atoms with E-state index in [-0.39, 0.29) is 45.5 Å². The van der Waals surface area contributed by atoms with Crippen LogP contribution in [0.2, 0.25) is 0 Å². The lowest BCUT2D eigenvalue weighted by atomic mass is 9.85. The van der Waals surface area contributed by atoms with Gasteiger partial charge in [-0.15, -0.1) is 10.2 Å². The van der Waals surface area contributed by atoms with Crippen LogP contribution in [0.3, 0.4) is 0 Å². The third-order valence-corrected chi connectivity index (χ3v) is 8.33. The lowest BCUT2D eigenvalue weighted by Crippen LogP contribution is -2.32. The van der Waals surface area contributed by atoms with Crippen molar-refractivity contribution < 1.29 is 18.0 Å². The number of amides is 2. The number of nitrogens with one attached hydrogen (secondary N) is 1. The molecule has 10 heteroatoms. The number of allylic oxidation sites excluding steroid dienone is 2. The van der Waals surface area contributed by atoms with Crippen LogP contribution in [0.1, 0.15) is 18.4 Å². The van der Waals surface area contributed by atoms with E-state index in [0.717, 1.165) is 11.4 Å². The van der Waals surface area contributed by atoms with Crippen molar-refractivity contribution in [3.63, 3.8) is 0 Å². The first-order valence-corrected chi connectivity index (χ1v) is 11.7. The van der Waals surface area contributed by atoms with E-state index >= 15 is 0 Å². The topological polar surface area (TPSA) is 109 Å². The summed E-state index contributed by atoms with van der Waals surface area (Å²) in [7, 11) is -3.84. The van der Waals surface area contributed by atoms with Gasteiger partial charge in [-0.1, -0.05) is 30.4 Å². The Morgan fingerprint density at radius 3 is 2.24 bits per heavy atom. The smallest absolute Gasteiger partial charge is 0.263 e. The zero-order chi connectivity index (χ0) is 20.3. The van der Waals surface area contributed by atoms with Crippen LogP contribution in [0, 0.1) is 23.7 Å². The Hall–Kier alpha value is -2.59. The predicted molar refractivity (Wildman–Crippen MR) is 107 cm³/mol. The molecule has 3 aliphatic rings. The van der Waals surface area contributed by atoms with Crippen molar-refractivity contribution in [2.45, 2.75) is 24.7 Å². The third kappa shape index (κ3) is 2.81. The summed E-state index contributed by atoms with van der Waals surface area (Å²) in [6.07, 6.45) is 5.62. The van der Waals surface area contributed by atoms with Gasteiger partial charge in [-0.25, -0.2) is 8.42 Å². The van der Waals surface area contributed by atoms with Gasteiger partial charge in [0.2, 0.25) is 16.9 Å². The number of aromatic nitrogens is 2. The maximum Gasteiger partial charge on any atom is 0.263 e. The van der Waals surface area contributed by atoms with Gasteiger partial charge in [0.25, 0.3) is 10.0 Å². The molecule has 1 N–H and O–H groups in total. The molecule has 2 fully saturated rings. The van der Waals surface area contributed by atoms with Crippen LogP contribution < -0.4 is 9.62 Å². The Bertz CT molecular complexity index is 1110. The predicted octanol–water partition coefficient (Wildman–Crippen LogP) is 2.21. The average molecular weight is 431 g/mol. The van der Waals surface area contributed by atoms with Crippen LogP contribution in [0.15, 0.2) is 41.3 Å². The van der Waals surface area contributed by atoms with E-state index in [0.29, 0.717) is 12.1 Å². The van der Waals surface area contributed by atoms with Crippen LogP contribution in [-0.4, -0.2) is 30.4 Å². The van der Waals surface area contributed by atoms with Gasteiger partial charge in [0.1, 0.15) is 5.01 Å². The number of sulfonamides is 1. The highest BCUT2D eigenvalue weighted by atomic mass is 32.2. The van der Waals surface area contributed by atoms with Gasteiger partial charge in [0, 0.05) is 0 Å². The number of hydrogen-bond acceptors (Lipinski definition) is 7. The molecule has 1 aromatic heterocycles. The largest absolute Gasteiger partial charge is 0.274 e. The maximum atomic E-state index is 12.9. The zero-order valence-electron chi connectivity index (χ0n) is 15.5. The Morgan fingerprint density at radius 2 is 1.69 bits per heavy atom. The number of imide groups is 1. The summed E-state index contributed by atoms with van der Waals surface area (Å²) in [4.78, 5) is 27.0. The minimum atomic E-state index is -3.84. The molecule has 4 atom stereocenters. The Kier molecular flexibility index (Phi) is 4.11. The number of hydrogen-bond donors (Lipinski definition) is 1. The first-order valence-electron chi connectivity index (χ1n) is 9.40. The molecule has 1 saturated heterocycles. The second kappa shape index (κ2) is 6.46.